The third-order valence-electron chi connectivity index (χ3n) is 1.83. The van der Waals surface area contributed by atoms with Gasteiger partial charge in [0.15, 0.2) is 0 Å². The van der Waals surface area contributed by atoms with Gasteiger partial charge in [-0.15, -0.1) is 0 Å². The number of aryl methyl sites for hydroxylation is 1. The topological polar surface area (TPSA) is 23.8 Å². The van der Waals surface area contributed by atoms with E-state index in [1.807, 2.05) is 25.1 Å². The molecule has 0 aliphatic rings. The van der Waals surface area contributed by atoms with Crippen molar-refractivity contribution in [1.29, 1.82) is 5.26 Å². The first-order valence-corrected chi connectivity index (χ1v) is 5.01. The van der Waals surface area contributed by atoms with Gasteiger partial charge in [0.05, 0.1) is 11.6 Å². The zero-order valence-electron chi connectivity index (χ0n) is 8.04. The maximum atomic E-state index is 8.80. The monoisotopic (exact) mass is 201 g/mol. The molecule has 0 unspecified atom stereocenters. The molecule has 0 radical (unpaired) electrons. The maximum absolute atomic E-state index is 8.80. The number of hydrogen-bond acceptors (Lipinski definition) is 2. The highest BCUT2D eigenvalue weighted by Gasteiger charge is 1.96. The van der Waals surface area contributed by atoms with Crippen molar-refractivity contribution in [3.63, 3.8) is 0 Å². The molecule has 0 fully saturated rings. The lowest BCUT2D eigenvalue weighted by Gasteiger charge is -1.96. The summed E-state index contributed by atoms with van der Waals surface area (Å²) in [7, 11) is 0. The molecule has 1 aromatic carbocycles. The summed E-state index contributed by atoms with van der Waals surface area (Å²) in [6.07, 6.45) is 0.777. The van der Waals surface area contributed by atoms with Gasteiger partial charge in [-0.3, -0.25) is 0 Å². The summed E-state index contributed by atoms with van der Waals surface area (Å²) in [5.74, 6) is 6.75. The Bertz CT molecular complexity index is 418. The SMILES string of the molecule is Cc1ccc(C#CCCS)cc1C#N. The zero-order valence-corrected chi connectivity index (χ0v) is 8.94. The Morgan fingerprint density at radius 2 is 2.21 bits per heavy atom. The third kappa shape index (κ3) is 2.83. The minimum Gasteiger partial charge on any atom is -0.192 e. The summed E-state index contributed by atoms with van der Waals surface area (Å²) in [5.41, 5.74) is 2.59. The molecule has 70 valence electrons. The van der Waals surface area contributed by atoms with E-state index in [4.69, 9.17) is 5.26 Å². The zero-order chi connectivity index (χ0) is 10.4. The fourth-order valence-corrected chi connectivity index (χ4v) is 1.15. The molecule has 0 bridgehead atoms. The Balaban J connectivity index is 2.93. The highest BCUT2D eigenvalue weighted by Crippen LogP contribution is 2.08. The Labute approximate surface area is 90.2 Å². The fraction of sp³-hybridized carbons (Fsp3) is 0.250. The lowest BCUT2D eigenvalue weighted by molar-refractivity contribution is 1.31. The minimum atomic E-state index is 0.697. The second kappa shape index (κ2) is 5.37. The molecule has 2 heteroatoms. The van der Waals surface area contributed by atoms with E-state index in [2.05, 4.69) is 30.5 Å². The molecule has 1 nitrogen and oxygen atoms in total. The lowest BCUT2D eigenvalue weighted by Crippen LogP contribution is -1.83. The Morgan fingerprint density at radius 1 is 1.43 bits per heavy atom. The lowest BCUT2D eigenvalue weighted by atomic mass is 10.1. The predicted octanol–water partition coefficient (Wildman–Crippen LogP) is 2.54. The van der Waals surface area contributed by atoms with Crippen molar-refractivity contribution in [2.75, 3.05) is 5.75 Å². The molecular weight excluding hydrogens is 190 g/mol. The van der Waals surface area contributed by atoms with Crippen molar-refractivity contribution in [3.8, 4) is 17.9 Å². The molecule has 1 aromatic rings. The van der Waals surface area contributed by atoms with Crippen LogP contribution in [0.25, 0.3) is 0 Å². The second-order valence-corrected chi connectivity index (χ2v) is 3.36. The van der Waals surface area contributed by atoms with Crippen molar-refractivity contribution < 1.29 is 0 Å². The minimum absolute atomic E-state index is 0.697. The molecule has 0 heterocycles. The molecule has 0 amide bonds. The maximum Gasteiger partial charge on any atom is 0.0994 e. The van der Waals surface area contributed by atoms with Gasteiger partial charge in [0.1, 0.15) is 0 Å². The summed E-state index contributed by atoms with van der Waals surface area (Å²) in [5, 5.41) is 8.80. The van der Waals surface area contributed by atoms with Crippen molar-refractivity contribution in [1.82, 2.24) is 0 Å². The number of benzene rings is 1. The Hall–Kier alpha value is -1.38. The first-order valence-electron chi connectivity index (χ1n) is 4.38. The van der Waals surface area contributed by atoms with Crippen LogP contribution < -0.4 is 0 Å². The highest BCUT2D eigenvalue weighted by atomic mass is 32.1. The molecule has 0 saturated heterocycles. The number of nitriles is 1. The van der Waals surface area contributed by atoms with E-state index in [9.17, 15) is 0 Å². The number of hydrogen-bond donors (Lipinski definition) is 1. The first-order chi connectivity index (χ1) is 6.77. The largest absolute Gasteiger partial charge is 0.192 e. The summed E-state index contributed by atoms with van der Waals surface area (Å²) >= 11 is 4.07. The van der Waals surface area contributed by atoms with E-state index >= 15 is 0 Å². The van der Waals surface area contributed by atoms with Crippen LogP contribution in [0, 0.1) is 30.1 Å². The number of rotatable bonds is 1. The van der Waals surface area contributed by atoms with Gasteiger partial charge in [0.2, 0.25) is 0 Å². The van der Waals surface area contributed by atoms with Crippen LogP contribution >= 0.6 is 12.6 Å². The molecule has 0 aliphatic carbocycles. The van der Waals surface area contributed by atoms with Gasteiger partial charge in [-0.1, -0.05) is 17.9 Å². The van der Waals surface area contributed by atoms with Gasteiger partial charge in [-0.25, -0.2) is 0 Å². The van der Waals surface area contributed by atoms with Crippen molar-refractivity contribution in [2.24, 2.45) is 0 Å². The van der Waals surface area contributed by atoms with Crippen molar-refractivity contribution >= 4 is 12.6 Å². The van der Waals surface area contributed by atoms with E-state index in [0.717, 1.165) is 23.3 Å². The van der Waals surface area contributed by atoms with Crippen LogP contribution in [0.1, 0.15) is 23.1 Å². The third-order valence-corrected chi connectivity index (χ3v) is 2.05. The molecule has 1 rings (SSSR count). The van der Waals surface area contributed by atoms with Crippen LogP contribution in [0.5, 0.6) is 0 Å². The highest BCUT2D eigenvalue weighted by molar-refractivity contribution is 7.80. The normalized spacial score (nSPS) is 8.64. The van der Waals surface area contributed by atoms with E-state index < -0.39 is 0 Å². The molecule has 0 N–H and O–H groups in total. The van der Waals surface area contributed by atoms with Crippen LogP contribution in [0.4, 0.5) is 0 Å². The molecule has 0 aliphatic heterocycles. The van der Waals surface area contributed by atoms with Crippen LogP contribution in [0.3, 0.4) is 0 Å². The van der Waals surface area contributed by atoms with E-state index in [0.29, 0.717) is 5.56 Å². The summed E-state index contributed by atoms with van der Waals surface area (Å²) in [6.45, 7) is 1.92. The van der Waals surface area contributed by atoms with Crippen LogP contribution in [-0.4, -0.2) is 5.75 Å². The molecule has 0 aromatic heterocycles. The van der Waals surface area contributed by atoms with E-state index in [1.165, 1.54) is 0 Å². The average molecular weight is 201 g/mol. The van der Waals surface area contributed by atoms with Gasteiger partial charge in [-0.2, -0.15) is 17.9 Å². The van der Waals surface area contributed by atoms with Crippen LogP contribution in [0.15, 0.2) is 18.2 Å². The first kappa shape index (κ1) is 10.7. The Morgan fingerprint density at radius 3 is 2.86 bits per heavy atom. The Kier molecular flexibility index (Phi) is 4.11. The van der Waals surface area contributed by atoms with Gasteiger partial charge < -0.3 is 0 Å². The van der Waals surface area contributed by atoms with Crippen LogP contribution in [0.2, 0.25) is 0 Å². The smallest absolute Gasteiger partial charge is 0.0994 e. The van der Waals surface area contributed by atoms with E-state index in [1.54, 1.807) is 0 Å². The number of thiol groups is 1. The molecule has 0 atom stereocenters. The second-order valence-electron chi connectivity index (χ2n) is 2.92. The van der Waals surface area contributed by atoms with Crippen molar-refractivity contribution in [2.45, 2.75) is 13.3 Å². The predicted molar refractivity (Wildman–Crippen MR) is 61.2 cm³/mol. The molecule has 14 heavy (non-hydrogen) atoms. The van der Waals surface area contributed by atoms with Crippen LogP contribution in [-0.2, 0) is 0 Å². The fourth-order valence-electron chi connectivity index (χ4n) is 1.04. The molecule has 0 saturated carbocycles. The van der Waals surface area contributed by atoms with Crippen molar-refractivity contribution in [3.05, 3.63) is 34.9 Å². The van der Waals surface area contributed by atoms with E-state index in [-0.39, 0.29) is 0 Å². The average Bonchev–Trinajstić information content (AvgIpc) is 2.21. The molecule has 0 spiro atoms. The summed E-state index contributed by atoms with van der Waals surface area (Å²) in [4.78, 5) is 0. The van der Waals surface area contributed by atoms with Gasteiger partial charge in [-0.05, 0) is 24.6 Å². The van der Waals surface area contributed by atoms with Gasteiger partial charge in [0, 0.05) is 17.7 Å². The van der Waals surface area contributed by atoms with Gasteiger partial charge in [0.25, 0.3) is 0 Å². The van der Waals surface area contributed by atoms with Gasteiger partial charge >= 0.3 is 0 Å². The standard InChI is InChI=1S/C12H11NS/c1-10-5-6-11(4-2-3-7-14)8-12(10)9-13/h5-6,8,14H,3,7H2,1H3. The molecular formula is C12H11NS. The quantitative estimate of drug-likeness (QED) is 0.548. The number of nitrogens with zero attached hydrogens (tertiary/aromatic N) is 1. The summed E-state index contributed by atoms with van der Waals surface area (Å²) < 4.78 is 0. The summed E-state index contributed by atoms with van der Waals surface area (Å²) in [6, 6.07) is 7.82.